The number of amides is 1. The van der Waals surface area contributed by atoms with Crippen molar-refractivity contribution in [3.63, 3.8) is 0 Å². The summed E-state index contributed by atoms with van der Waals surface area (Å²) in [5.74, 6) is 1.54. The molecule has 1 aliphatic rings. The fraction of sp³-hybridized carbons (Fsp3) is 0.929. The molecule has 1 saturated heterocycles. The quantitative estimate of drug-likeness (QED) is 0.775. The minimum absolute atomic E-state index is 0.317. The summed E-state index contributed by atoms with van der Waals surface area (Å²) in [5, 5.41) is 0. The lowest BCUT2D eigenvalue weighted by Gasteiger charge is -2.32. The third kappa shape index (κ3) is 4.66. The Bertz CT molecular complexity index is 218. The van der Waals surface area contributed by atoms with Gasteiger partial charge in [-0.05, 0) is 31.2 Å². The summed E-state index contributed by atoms with van der Waals surface area (Å²) in [4.78, 5) is 14.1. The van der Waals surface area contributed by atoms with Crippen LogP contribution in [-0.2, 0) is 4.79 Å². The largest absolute Gasteiger partial charge is 0.343 e. The molecule has 0 bridgehead atoms. The average molecular weight is 240 g/mol. The van der Waals surface area contributed by atoms with Crippen molar-refractivity contribution >= 4 is 5.91 Å². The van der Waals surface area contributed by atoms with Gasteiger partial charge in [0, 0.05) is 19.5 Å². The second-order valence-electron chi connectivity index (χ2n) is 5.33. The van der Waals surface area contributed by atoms with Crippen LogP contribution in [0.2, 0.25) is 0 Å². The first-order valence-electron chi connectivity index (χ1n) is 7.19. The lowest BCUT2D eigenvalue weighted by atomic mass is 9.92. The highest BCUT2D eigenvalue weighted by Gasteiger charge is 2.23. The fourth-order valence-electron chi connectivity index (χ4n) is 2.65. The van der Waals surface area contributed by atoms with Crippen molar-refractivity contribution in [3.8, 4) is 0 Å². The average Bonchev–Trinajstić information content (AvgIpc) is 2.37. The van der Waals surface area contributed by atoms with Crippen molar-refractivity contribution in [1.82, 2.24) is 4.90 Å². The van der Waals surface area contributed by atoms with Gasteiger partial charge in [-0.25, -0.2) is 0 Å². The van der Waals surface area contributed by atoms with E-state index >= 15 is 0 Å². The number of piperidine rings is 1. The number of rotatable bonds is 6. The van der Waals surface area contributed by atoms with Gasteiger partial charge in [-0.1, -0.05) is 33.1 Å². The Morgan fingerprint density at radius 2 is 2.00 bits per heavy atom. The van der Waals surface area contributed by atoms with Crippen LogP contribution in [0.4, 0.5) is 0 Å². The Labute approximate surface area is 106 Å². The highest BCUT2D eigenvalue weighted by atomic mass is 16.2. The van der Waals surface area contributed by atoms with E-state index in [4.69, 9.17) is 5.73 Å². The van der Waals surface area contributed by atoms with Crippen molar-refractivity contribution in [2.24, 2.45) is 17.6 Å². The van der Waals surface area contributed by atoms with E-state index in [9.17, 15) is 4.79 Å². The second kappa shape index (κ2) is 7.70. The molecule has 17 heavy (non-hydrogen) atoms. The number of carbonyl (C=O) groups is 1. The van der Waals surface area contributed by atoms with E-state index in [0.29, 0.717) is 24.8 Å². The lowest BCUT2D eigenvalue weighted by molar-refractivity contribution is -0.133. The van der Waals surface area contributed by atoms with Gasteiger partial charge in [-0.2, -0.15) is 0 Å². The number of hydrogen-bond acceptors (Lipinski definition) is 2. The lowest BCUT2D eigenvalue weighted by Crippen LogP contribution is -2.39. The highest BCUT2D eigenvalue weighted by Crippen LogP contribution is 2.22. The molecule has 0 aromatic rings. The van der Waals surface area contributed by atoms with E-state index in [1.165, 1.54) is 25.7 Å². The number of hydrogen-bond donors (Lipinski definition) is 1. The van der Waals surface area contributed by atoms with E-state index in [-0.39, 0.29) is 0 Å². The molecule has 1 fully saturated rings. The predicted octanol–water partition coefficient (Wildman–Crippen LogP) is 2.40. The van der Waals surface area contributed by atoms with E-state index in [2.05, 4.69) is 13.8 Å². The Hall–Kier alpha value is -0.570. The second-order valence-corrected chi connectivity index (χ2v) is 5.33. The zero-order valence-electron chi connectivity index (χ0n) is 11.5. The summed E-state index contributed by atoms with van der Waals surface area (Å²) in [6, 6.07) is 0. The molecule has 1 unspecified atom stereocenters. The molecule has 0 aliphatic carbocycles. The Balaban J connectivity index is 2.30. The Morgan fingerprint density at radius 3 is 2.47 bits per heavy atom. The zero-order chi connectivity index (χ0) is 12.7. The molecular weight excluding hydrogens is 212 g/mol. The molecule has 1 atom stereocenters. The molecule has 3 nitrogen and oxygen atoms in total. The maximum atomic E-state index is 12.1. The molecule has 0 spiro atoms. The number of carbonyl (C=O) groups excluding carboxylic acids is 1. The van der Waals surface area contributed by atoms with Crippen molar-refractivity contribution in [2.75, 3.05) is 19.6 Å². The summed E-state index contributed by atoms with van der Waals surface area (Å²) < 4.78 is 0. The van der Waals surface area contributed by atoms with Crippen LogP contribution in [0.25, 0.3) is 0 Å². The van der Waals surface area contributed by atoms with Gasteiger partial charge in [0.25, 0.3) is 0 Å². The van der Waals surface area contributed by atoms with Gasteiger partial charge < -0.3 is 10.6 Å². The fourth-order valence-corrected chi connectivity index (χ4v) is 2.65. The molecule has 3 heteroatoms. The van der Waals surface area contributed by atoms with Gasteiger partial charge >= 0.3 is 0 Å². The van der Waals surface area contributed by atoms with Gasteiger partial charge in [0.05, 0.1) is 0 Å². The molecule has 1 rings (SSSR count). The van der Waals surface area contributed by atoms with Crippen molar-refractivity contribution in [2.45, 2.75) is 52.4 Å². The van der Waals surface area contributed by atoms with Crippen LogP contribution >= 0.6 is 0 Å². The minimum Gasteiger partial charge on any atom is -0.343 e. The van der Waals surface area contributed by atoms with Crippen molar-refractivity contribution < 1.29 is 4.79 Å². The minimum atomic E-state index is 0.317. The Kier molecular flexibility index (Phi) is 6.56. The molecule has 1 amide bonds. The molecule has 2 N–H and O–H groups in total. The number of nitrogens with two attached hydrogens (primary N) is 1. The first-order valence-corrected chi connectivity index (χ1v) is 7.19. The van der Waals surface area contributed by atoms with Crippen LogP contribution in [0.15, 0.2) is 0 Å². The first kappa shape index (κ1) is 14.5. The molecular formula is C14H28N2O. The monoisotopic (exact) mass is 240 g/mol. The summed E-state index contributed by atoms with van der Waals surface area (Å²) in [6.07, 6.45) is 6.63. The van der Waals surface area contributed by atoms with Gasteiger partial charge in [-0.15, -0.1) is 0 Å². The topological polar surface area (TPSA) is 46.3 Å². The first-order chi connectivity index (χ1) is 8.21. The zero-order valence-corrected chi connectivity index (χ0v) is 11.5. The number of nitrogens with zero attached hydrogens (tertiary/aromatic N) is 1. The van der Waals surface area contributed by atoms with Crippen LogP contribution in [0.3, 0.4) is 0 Å². The smallest absolute Gasteiger partial charge is 0.222 e. The van der Waals surface area contributed by atoms with E-state index in [1.54, 1.807) is 0 Å². The Morgan fingerprint density at radius 1 is 1.35 bits per heavy atom. The highest BCUT2D eigenvalue weighted by molar-refractivity contribution is 5.76. The maximum absolute atomic E-state index is 12.1. The summed E-state index contributed by atoms with van der Waals surface area (Å²) in [6.45, 7) is 6.91. The third-order valence-corrected chi connectivity index (χ3v) is 4.04. The van der Waals surface area contributed by atoms with E-state index in [1.807, 2.05) is 4.90 Å². The van der Waals surface area contributed by atoms with Crippen LogP contribution in [0.5, 0.6) is 0 Å². The molecule has 1 heterocycles. The summed E-state index contributed by atoms with van der Waals surface area (Å²) in [5.41, 5.74) is 5.65. The maximum Gasteiger partial charge on any atom is 0.222 e. The normalized spacial score (nSPS) is 19.4. The molecule has 0 aromatic heterocycles. The van der Waals surface area contributed by atoms with Crippen LogP contribution < -0.4 is 5.73 Å². The van der Waals surface area contributed by atoms with E-state index in [0.717, 1.165) is 25.4 Å². The summed E-state index contributed by atoms with van der Waals surface area (Å²) in [7, 11) is 0. The standard InChI is InChI=1S/C14H28N2O/c1-3-5-13-6-8-16(9-7-13)14(17)10-12(4-2)11-15/h12-13H,3-11,15H2,1-2H3. The summed E-state index contributed by atoms with van der Waals surface area (Å²) >= 11 is 0. The van der Waals surface area contributed by atoms with Gasteiger partial charge in [0.2, 0.25) is 5.91 Å². The van der Waals surface area contributed by atoms with Gasteiger partial charge in [-0.3, -0.25) is 4.79 Å². The number of likely N-dealkylation sites (tertiary alicyclic amines) is 1. The van der Waals surface area contributed by atoms with Gasteiger partial charge in [0.15, 0.2) is 0 Å². The van der Waals surface area contributed by atoms with E-state index < -0.39 is 0 Å². The molecule has 0 aromatic carbocycles. The third-order valence-electron chi connectivity index (χ3n) is 4.04. The molecule has 0 radical (unpaired) electrons. The van der Waals surface area contributed by atoms with Gasteiger partial charge in [0.1, 0.15) is 0 Å². The van der Waals surface area contributed by atoms with Crippen LogP contribution in [0.1, 0.15) is 52.4 Å². The SMILES string of the molecule is CCCC1CCN(C(=O)CC(CC)CN)CC1. The van der Waals surface area contributed by atoms with Crippen LogP contribution in [0, 0.1) is 11.8 Å². The predicted molar refractivity (Wildman–Crippen MR) is 71.7 cm³/mol. The molecule has 1 aliphatic heterocycles. The van der Waals surface area contributed by atoms with Crippen molar-refractivity contribution in [3.05, 3.63) is 0 Å². The molecule has 0 saturated carbocycles. The van der Waals surface area contributed by atoms with Crippen molar-refractivity contribution in [1.29, 1.82) is 0 Å². The molecule has 100 valence electrons. The van der Waals surface area contributed by atoms with Crippen LogP contribution in [-0.4, -0.2) is 30.4 Å².